The van der Waals surface area contributed by atoms with Crippen molar-refractivity contribution >= 4 is 5.91 Å². The van der Waals surface area contributed by atoms with Crippen molar-refractivity contribution in [3.05, 3.63) is 0 Å². The number of nitrogens with one attached hydrogen (secondary N) is 1. The maximum absolute atomic E-state index is 11.7. The lowest BCUT2D eigenvalue weighted by atomic mass is 10.2. The average Bonchev–Trinajstić information content (AvgIpc) is 2.61. The fraction of sp³-hybridized carbons (Fsp3) is 0.833. The third-order valence-corrected chi connectivity index (χ3v) is 1.85. The molecule has 0 saturated heterocycles. The Hall–Kier alpha value is -0.780. The van der Waals surface area contributed by atoms with E-state index in [9.17, 15) is 18.0 Å². The summed E-state index contributed by atoms with van der Waals surface area (Å²) in [6, 6.07) is 0. The lowest BCUT2D eigenvalue weighted by Crippen LogP contribution is -2.47. The van der Waals surface area contributed by atoms with Crippen molar-refractivity contribution in [2.45, 2.75) is 24.6 Å². The number of halogens is 3. The number of carbonyl (C=O) groups excluding carboxylic acids is 1. The first-order valence-electron chi connectivity index (χ1n) is 3.47. The van der Waals surface area contributed by atoms with E-state index in [0.29, 0.717) is 12.8 Å². The zero-order valence-electron chi connectivity index (χ0n) is 6.24. The van der Waals surface area contributed by atoms with Crippen LogP contribution >= 0.6 is 0 Å². The fourth-order valence-corrected chi connectivity index (χ4v) is 0.905. The van der Waals surface area contributed by atoms with Crippen molar-refractivity contribution in [1.82, 2.24) is 5.32 Å². The van der Waals surface area contributed by atoms with Gasteiger partial charge in [-0.2, -0.15) is 13.2 Å². The highest BCUT2D eigenvalue weighted by Crippen LogP contribution is 2.35. The van der Waals surface area contributed by atoms with Gasteiger partial charge in [0, 0.05) is 0 Å². The molecule has 3 N–H and O–H groups in total. The van der Waals surface area contributed by atoms with Crippen LogP contribution in [0.25, 0.3) is 0 Å². The van der Waals surface area contributed by atoms with Crippen molar-refractivity contribution in [2.24, 2.45) is 5.73 Å². The third-order valence-electron chi connectivity index (χ3n) is 1.85. The predicted molar refractivity (Wildman–Crippen MR) is 35.2 cm³/mol. The van der Waals surface area contributed by atoms with Crippen LogP contribution in [0.5, 0.6) is 0 Å². The molecule has 0 spiro atoms. The molecule has 1 rings (SSSR count). The van der Waals surface area contributed by atoms with Gasteiger partial charge in [0.25, 0.3) is 0 Å². The average molecular weight is 182 g/mol. The van der Waals surface area contributed by atoms with Gasteiger partial charge in [0.15, 0.2) is 0 Å². The maximum Gasteiger partial charge on any atom is 0.401 e. The Morgan fingerprint density at radius 2 is 2.00 bits per heavy atom. The van der Waals surface area contributed by atoms with E-state index in [1.165, 1.54) is 0 Å². The number of amides is 1. The normalized spacial score (nSPS) is 20.6. The molecule has 3 nitrogen and oxygen atoms in total. The van der Waals surface area contributed by atoms with E-state index in [4.69, 9.17) is 5.73 Å². The quantitative estimate of drug-likeness (QED) is 0.653. The predicted octanol–water partition coefficient (Wildman–Crippen LogP) is 0.156. The second-order valence-corrected chi connectivity index (χ2v) is 2.92. The largest absolute Gasteiger partial charge is 0.401 e. The van der Waals surface area contributed by atoms with Gasteiger partial charge in [-0.1, -0.05) is 0 Å². The monoisotopic (exact) mass is 182 g/mol. The molecule has 0 unspecified atom stereocenters. The highest BCUT2D eigenvalue weighted by molar-refractivity contribution is 5.87. The Kier molecular flexibility index (Phi) is 2.03. The highest BCUT2D eigenvalue weighted by Gasteiger charge is 2.49. The first kappa shape index (κ1) is 9.31. The minimum Gasteiger partial charge on any atom is -0.368 e. The summed E-state index contributed by atoms with van der Waals surface area (Å²) in [7, 11) is 0. The summed E-state index contributed by atoms with van der Waals surface area (Å²) in [5.74, 6) is -0.702. The molecule has 0 bridgehead atoms. The van der Waals surface area contributed by atoms with Crippen LogP contribution in [0.1, 0.15) is 12.8 Å². The number of primary amides is 1. The van der Waals surface area contributed by atoms with Crippen LogP contribution in [0.3, 0.4) is 0 Å². The van der Waals surface area contributed by atoms with Gasteiger partial charge in [-0.05, 0) is 12.8 Å². The Bertz CT molecular complexity index is 197. The molecule has 0 radical (unpaired) electrons. The van der Waals surface area contributed by atoms with E-state index in [-0.39, 0.29) is 0 Å². The topological polar surface area (TPSA) is 55.1 Å². The number of carbonyl (C=O) groups is 1. The van der Waals surface area contributed by atoms with E-state index < -0.39 is 24.2 Å². The van der Waals surface area contributed by atoms with Crippen LogP contribution in [-0.2, 0) is 4.79 Å². The zero-order chi connectivity index (χ0) is 9.41. The lowest BCUT2D eigenvalue weighted by molar-refractivity contribution is -0.131. The van der Waals surface area contributed by atoms with E-state index in [0.717, 1.165) is 0 Å². The van der Waals surface area contributed by atoms with Crippen LogP contribution in [0.2, 0.25) is 0 Å². The molecule has 1 saturated carbocycles. The van der Waals surface area contributed by atoms with E-state index >= 15 is 0 Å². The standard InChI is InChI=1S/C6H9F3N2O/c7-6(8,9)3-11-5(1-2-5)4(10)12/h11H,1-3H2,(H2,10,12). The Labute approximate surface area is 67.1 Å². The number of nitrogens with two attached hydrogens (primary N) is 1. The molecule has 0 heterocycles. The summed E-state index contributed by atoms with van der Waals surface area (Å²) in [4.78, 5) is 10.6. The molecule has 1 aliphatic carbocycles. The van der Waals surface area contributed by atoms with Gasteiger partial charge in [0.05, 0.1) is 12.1 Å². The summed E-state index contributed by atoms with van der Waals surface area (Å²) in [6.07, 6.45) is -3.48. The summed E-state index contributed by atoms with van der Waals surface area (Å²) in [5.41, 5.74) is 3.82. The first-order valence-corrected chi connectivity index (χ1v) is 3.47. The third kappa shape index (κ3) is 2.10. The minimum atomic E-state index is -4.29. The van der Waals surface area contributed by atoms with Crippen LogP contribution < -0.4 is 11.1 Å². The number of hydrogen-bond donors (Lipinski definition) is 2. The summed E-state index contributed by atoms with van der Waals surface area (Å²) < 4.78 is 35.0. The molecule has 6 heteroatoms. The minimum absolute atomic E-state index is 0.401. The molecule has 0 aliphatic heterocycles. The lowest BCUT2D eigenvalue weighted by Gasteiger charge is -2.14. The molecular formula is C6H9F3N2O. The van der Waals surface area contributed by atoms with Crippen molar-refractivity contribution < 1.29 is 18.0 Å². The van der Waals surface area contributed by atoms with E-state index in [2.05, 4.69) is 5.32 Å². The number of rotatable bonds is 3. The van der Waals surface area contributed by atoms with Crippen LogP contribution in [0, 0.1) is 0 Å². The second-order valence-electron chi connectivity index (χ2n) is 2.92. The fourth-order valence-electron chi connectivity index (χ4n) is 0.905. The molecule has 1 amide bonds. The smallest absolute Gasteiger partial charge is 0.368 e. The van der Waals surface area contributed by atoms with Gasteiger partial charge in [-0.3, -0.25) is 10.1 Å². The van der Waals surface area contributed by atoms with Gasteiger partial charge in [-0.25, -0.2) is 0 Å². The van der Waals surface area contributed by atoms with Crippen LogP contribution in [0.15, 0.2) is 0 Å². The summed E-state index contributed by atoms with van der Waals surface area (Å²) in [5, 5.41) is 2.11. The summed E-state index contributed by atoms with van der Waals surface area (Å²) in [6.45, 7) is -1.16. The molecule has 0 aromatic heterocycles. The number of alkyl halides is 3. The molecular weight excluding hydrogens is 173 g/mol. The Morgan fingerprint density at radius 1 is 1.50 bits per heavy atom. The molecule has 0 aromatic rings. The Morgan fingerprint density at radius 3 is 2.25 bits per heavy atom. The van der Waals surface area contributed by atoms with Gasteiger partial charge in [-0.15, -0.1) is 0 Å². The molecule has 0 atom stereocenters. The molecule has 1 aliphatic rings. The van der Waals surface area contributed by atoms with Gasteiger partial charge >= 0.3 is 6.18 Å². The van der Waals surface area contributed by atoms with Crippen LogP contribution in [0.4, 0.5) is 13.2 Å². The summed E-state index contributed by atoms with van der Waals surface area (Å²) >= 11 is 0. The molecule has 12 heavy (non-hydrogen) atoms. The van der Waals surface area contributed by atoms with Crippen molar-refractivity contribution in [1.29, 1.82) is 0 Å². The highest BCUT2D eigenvalue weighted by atomic mass is 19.4. The second kappa shape index (κ2) is 2.62. The van der Waals surface area contributed by atoms with E-state index in [1.54, 1.807) is 0 Å². The zero-order valence-corrected chi connectivity index (χ0v) is 6.24. The molecule has 70 valence electrons. The van der Waals surface area contributed by atoms with E-state index in [1.807, 2.05) is 0 Å². The van der Waals surface area contributed by atoms with Gasteiger partial charge in [0.2, 0.25) is 5.91 Å². The van der Waals surface area contributed by atoms with Crippen molar-refractivity contribution in [2.75, 3.05) is 6.54 Å². The van der Waals surface area contributed by atoms with Gasteiger partial charge in [0.1, 0.15) is 0 Å². The molecule has 0 aromatic carbocycles. The maximum atomic E-state index is 11.7. The van der Waals surface area contributed by atoms with Gasteiger partial charge < -0.3 is 5.73 Å². The SMILES string of the molecule is NC(=O)C1(NCC(F)(F)F)CC1. The van der Waals surface area contributed by atoms with Crippen molar-refractivity contribution in [3.8, 4) is 0 Å². The number of hydrogen-bond acceptors (Lipinski definition) is 2. The van der Waals surface area contributed by atoms with Crippen molar-refractivity contribution in [3.63, 3.8) is 0 Å². The van der Waals surface area contributed by atoms with Crippen LogP contribution in [-0.4, -0.2) is 24.2 Å². The molecule has 1 fully saturated rings. The first-order chi connectivity index (χ1) is 5.36. The Balaban J connectivity index is 2.37.